The third-order valence-electron chi connectivity index (χ3n) is 16.4. The van der Waals surface area contributed by atoms with Crippen LogP contribution in [0.3, 0.4) is 0 Å². The van der Waals surface area contributed by atoms with Gasteiger partial charge in [0.25, 0.3) is 0 Å². The van der Waals surface area contributed by atoms with Crippen molar-refractivity contribution in [3.05, 3.63) is 35.9 Å². The normalized spacial score (nSPS) is 20.9. The predicted molar refractivity (Wildman–Crippen MR) is 371 cm³/mol. The highest BCUT2D eigenvalue weighted by atomic mass is 16.3. The third-order valence-corrected chi connectivity index (χ3v) is 16.4. The number of amides is 13. The zero-order valence-electron chi connectivity index (χ0n) is 58.9. The molecule has 0 saturated carbocycles. The molecule has 1 aliphatic rings. The molecule has 0 aliphatic carbocycles. The lowest BCUT2D eigenvalue weighted by molar-refractivity contribution is -0.137. The molecule has 13 amide bonds. The summed E-state index contributed by atoms with van der Waals surface area (Å²) in [4.78, 5) is 181. The van der Waals surface area contributed by atoms with Crippen LogP contribution in [0, 0.1) is 5.92 Å². The fraction of sp³-hybridized carbons (Fsp3) is 0.716. The maximum atomic E-state index is 14.7. The summed E-state index contributed by atoms with van der Waals surface area (Å²) in [5.74, 6) is -10.6. The molecule has 99 heavy (non-hydrogen) atoms. The van der Waals surface area contributed by atoms with E-state index in [4.69, 9.17) is 22.9 Å². The molecule has 2 rings (SSSR count). The predicted octanol–water partition coefficient (Wildman–Crippen LogP) is -3.08. The van der Waals surface area contributed by atoms with Gasteiger partial charge in [-0.15, -0.1) is 0 Å². The Bertz CT molecular complexity index is 2690. The molecule has 1 aromatic rings. The van der Waals surface area contributed by atoms with Crippen molar-refractivity contribution in [2.75, 3.05) is 45.8 Å². The van der Waals surface area contributed by atoms with Gasteiger partial charge >= 0.3 is 0 Å². The van der Waals surface area contributed by atoms with Gasteiger partial charge in [0, 0.05) is 45.3 Å². The third kappa shape index (κ3) is 35.1. The van der Waals surface area contributed by atoms with Crippen molar-refractivity contribution in [2.24, 2.45) is 28.9 Å². The van der Waals surface area contributed by atoms with Gasteiger partial charge in [0.1, 0.15) is 60.4 Å². The maximum Gasteiger partial charge on any atom is 0.245 e. The number of aliphatic hydroxyl groups is 2. The van der Waals surface area contributed by atoms with Crippen molar-refractivity contribution < 1.29 is 72.5 Å². The molecule has 32 nitrogen and oxygen atoms in total. The van der Waals surface area contributed by atoms with Crippen molar-refractivity contribution in [2.45, 2.75) is 255 Å². The lowest BCUT2D eigenvalue weighted by atomic mass is 10.00. The average molecular weight is 1400 g/mol. The highest BCUT2D eigenvalue weighted by molar-refractivity contribution is 5.99. The van der Waals surface area contributed by atoms with Crippen molar-refractivity contribution >= 4 is 76.8 Å². The van der Waals surface area contributed by atoms with Crippen molar-refractivity contribution in [1.82, 2.24) is 69.1 Å². The van der Waals surface area contributed by atoms with Crippen LogP contribution in [0.1, 0.15) is 182 Å². The van der Waals surface area contributed by atoms with Gasteiger partial charge in [-0.2, -0.15) is 0 Å². The second kappa shape index (κ2) is 49.6. The monoisotopic (exact) mass is 1400 g/mol. The molecule has 0 unspecified atom stereocenters. The summed E-state index contributed by atoms with van der Waals surface area (Å²) in [6.07, 6.45) is 4.71. The van der Waals surface area contributed by atoms with E-state index >= 15 is 0 Å². The number of nitrogens with two attached hydrogens (primary N) is 4. The van der Waals surface area contributed by atoms with E-state index in [1.807, 2.05) is 6.92 Å². The molecule has 23 N–H and O–H groups in total. The van der Waals surface area contributed by atoms with E-state index in [-0.39, 0.29) is 108 Å². The number of unbranched alkanes of at least 4 members (excludes halogenated alkanes) is 8. The lowest BCUT2D eigenvalue weighted by Gasteiger charge is -2.29. The Hall–Kier alpha value is -7.91. The van der Waals surface area contributed by atoms with Gasteiger partial charge in [0.05, 0.1) is 12.2 Å². The maximum absolute atomic E-state index is 14.7. The minimum atomic E-state index is -1.78. The van der Waals surface area contributed by atoms with Gasteiger partial charge in [0.2, 0.25) is 76.8 Å². The highest BCUT2D eigenvalue weighted by Gasteiger charge is 2.38. The molecule has 1 aromatic carbocycles. The molecule has 0 radical (unpaired) electrons. The first-order valence-electron chi connectivity index (χ1n) is 35.3. The first-order chi connectivity index (χ1) is 47.2. The zero-order chi connectivity index (χ0) is 73.8. The summed E-state index contributed by atoms with van der Waals surface area (Å²) >= 11 is 0. The molecule has 560 valence electrons. The molecule has 1 saturated heterocycles. The second-order valence-electron chi connectivity index (χ2n) is 25.6. The van der Waals surface area contributed by atoms with Gasteiger partial charge < -0.3 is 102 Å². The Morgan fingerprint density at radius 1 is 0.495 bits per heavy atom. The first kappa shape index (κ1) is 87.2. The number of carbonyl (C=O) groups excluding carboxylic acids is 13. The largest absolute Gasteiger partial charge is 0.391 e. The summed E-state index contributed by atoms with van der Waals surface area (Å²) in [7, 11) is 0. The number of hydrogen-bond donors (Lipinski definition) is 19. The van der Waals surface area contributed by atoms with Gasteiger partial charge in [-0.1, -0.05) is 103 Å². The van der Waals surface area contributed by atoms with Gasteiger partial charge in [-0.3, -0.25) is 62.3 Å². The second-order valence-corrected chi connectivity index (χ2v) is 25.6. The molecule has 1 heterocycles. The van der Waals surface area contributed by atoms with Crippen LogP contribution in [0.25, 0.3) is 0 Å². The number of aliphatic hydroxyl groups excluding tert-OH is 2. The lowest BCUT2D eigenvalue weighted by Crippen LogP contribution is -2.62. The molecule has 0 bridgehead atoms. The number of benzene rings is 1. The summed E-state index contributed by atoms with van der Waals surface area (Å²) in [6, 6.07) is -6.69. The van der Waals surface area contributed by atoms with Crippen LogP contribution in [0.5, 0.6) is 0 Å². The van der Waals surface area contributed by atoms with Crippen LogP contribution in [-0.4, -0.2) is 205 Å². The number of rotatable bonds is 40. The van der Waals surface area contributed by atoms with Crippen molar-refractivity contribution in [3.8, 4) is 0 Å². The zero-order valence-corrected chi connectivity index (χ0v) is 58.9. The Kier molecular flexibility index (Phi) is 43.7. The van der Waals surface area contributed by atoms with Crippen LogP contribution >= 0.6 is 0 Å². The molecule has 32 heteroatoms. The minimum absolute atomic E-state index is 0.0218. The minimum Gasteiger partial charge on any atom is -0.391 e. The molecule has 1 aliphatic heterocycles. The van der Waals surface area contributed by atoms with Gasteiger partial charge in [0.15, 0.2) is 0 Å². The molecule has 0 aromatic heterocycles. The van der Waals surface area contributed by atoms with Crippen molar-refractivity contribution in [1.29, 1.82) is 0 Å². The summed E-state index contributed by atoms with van der Waals surface area (Å²) < 4.78 is 0. The van der Waals surface area contributed by atoms with Crippen LogP contribution in [0.4, 0.5) is 0 Å². The van der Waals surface area contributed by atoms with E-state index in [1.165, 1.54) is 13.8 Å². The molecule has 0 spiro atoms. The summed E-state index contributed by atoms with van der Waals surface area (Å²) in [5, 5.41) is 55.8. The number of nitrogens with one attached hydrogen (secondary N) is 13. The van der Waals surface area contributed by atoms with E-state index < -0.39 is 151 Å². The average Bonchev–Trinajstić information content (AvgIpc) is 1.17. The standard InChI is InChI=1S/C67H117N17O15/c1-7-9-11-12-13-18-25-55(89)75-49(30-37-73-54(88)24-19-15-20-36-72-53(87)23-10-8-2)63(95)84-57(43(6)86)67(99)80-47(28-34-70)59(91)79-50-31-38-74-66(98)56(42(5)85)83-62(94)48(29-35-71)77-58(90)45(26-32-68)78-64(96)51(39-41(3)4)81-65(97)52(40-44-21-16-14-17-22-44)82-60(92)46(27-33-69)76-61(50)93/h14,16-17,21-22,41-43,45-52,56-57,85-86H,7-13,15,18-20,23-40,68-71H2,1-6H3,(H,72,87)(H,73,88)(H,74,98)(H,75,89)(H,76,93)(H,77,90)(H,78,96)(H,79,91)(H,80,99)(H,81,97)(H,82,92)(H,83,94)(H,84,95)/t42-,43-,45+,46+,47+,48+,49+,50+,51+,52-,56+,57+/m1/s1. The van der Waals surface area contributed by atoms with Crippen LogP contribution in [-0.2, 0) is 68.7 Å². The van der Waals surface area contributed by atoms with E-state index in [9.17, 15) is 72.5 Å². The fourth-order valence-corrected chi connectivity index (χ4v) is 10.7. The first-order valence-corrected chi connectivity index (χ1v) is 35.3. The van der Waals surface area contributed by atoms with E-state index in [0.29, 0.717) is 44.2 Å². The Morgan fingerprint density at radius 2 is 0.980 bits per heavy atom. The summed E-state index contributed by atoms with van der Waals surface area (Å²) in [5.41, 5.74) is 24.3. The molecule has 12 atom stereocenters. The molecular formula is C67H117N17O15. The van der Waals surface area contributed by atoms with E-state index in [1.54, 1.807) is 44.2 Å². The summed E-state index contributed by atoms with van der Waals surface area (Å²) in [6.45, 7) is 9.20. The Morgan fingerprint density at radius 3 is 1.54 bits per heavy atom. The van der Waals surface area contributed by atoms with Crippen LogP contribution in [0.15, 0.2) is 30.3 Å². The van der Waals surface area contributed by atoms with Crippen molar-refractivity contribution in [3.63, 3.8) is 0 Å². The SMILES string of the molecule is CCCCCCCCC(=O)N[C@@H](CCNC(=O)CCCCCNC(=O)CCCC)C(=O)N[C@H](C(=O)N[C@@H](CCN)C(=O)N[C@H]1CCNC(=O)[C@H]([C@@H](C)O)NC(=O)[C@H](CCN)NC(=O)[C@H](CCN)NC(=O)[C@H](CC(C)C)NC(=O)[C@@H](Cc2ccccc2)NC(=O)[C@H](CCN)NC1=O)[C@@H](C)O. The molecule has 1 fully saturated rings. The smallest absolute Gasteiger partial charge is 0.245 e. The fourth-order valence-electron chi connectivity index (χ4n) is 10.7. The van der Waals surface area contributed by atoms with Crippen LogP contribution in [0.2, 0.25) is 0 Å². The van der Waals surface area contributed by atoms with E-state index in [2.05, 4.69) is 76.0 Å². The molecular weight excluding hydrogens is 1280 g/mol. The van der Waals surface area contributed by atoms with Gasteiger partial charge in [-0.25, -0.2) is 0 Å². The number of hydrogen-bond acceptors (Lipinski definition) is 19. The van der Waals surface area contributed by atoms with Gasteiger partial charge in [-0.05, 0) is 122 Å². The highest BCUT2D eigenvalue weighted by Crippen LogP contribution is 2.13. The quantitative estimate of drug-likeness (QED) is 0.0290. The number of carbonyl (C=O) groups is 13. The topological polar surface area (TPSA) is 523 Å². The Labute approximate surface area is 582 Å². The van der Waals surface area contributed by atoms with Crippen LogP contribution < -0.4 is 92.1 Å². The Balaban J connectivity index is 2.61. The van der Waals surface area contributed by atoms with E-state index in [0.717, 1.165) is 44.9 Å².